The summed E-state index contributed by atoms with van der Waals surface area (Å²) < 4.78 is 0. The van der Waals surface area contributed by atoms with Crippen LogP contribution >= 0.6 is 0 Å². The molecule has 1 aromatic heterocycles. The smallest absolute Gasteiger partial charge is 0.136 e. The molecule has 2 heteroatoms. The summed E-state index contributed by atoms with van der Waals surface area (Å²) in [5.74, 6) is 1.24. The average Bonchev–Trinajstić information content (AvgIpc) is 2.39. The van der Waals surface area contributed by atoms with Crippen LogP contribution in [0.2, 0.25) is 0 Å². The van der Waals surface area contributed by atoms with Crippen molar-refractivity contribution >= 4 is 10.9 Å². The summed E-state index contributed by atoms with van der Waals surface area (Å²) in [5, 5.41) is 1.10. The molecule has 0 saturated carbocycles. The van der Waals surface area contributed by atoms with E-state index in [0.717, 1.165) is 23.1 Å². The predicted octanol–water partition coefficient (Wildman–Crippen LogP) is 3.23. The summed E-state index contributed by atoms with van der Waals surface area (Å²) in [7, 11) is 0. The van der Waals surface area contributed by atoms with Gasteiger partial charge in [0.1, 0.15) is 5.82 Å². The van der Waals surface area contributed by atoms with Gasteiger partial charge >= 0.3 is 0 Å². The van der Waals surface area contributed by atoms with Crippen LogP contribution in [0.1, 0.15) is 18.2 Å². The molecular formula is C14H12N2. The van der Waals surface area contributed by atoms with Crippen LogP contribution in [-0.4, -0.2) is 9.97 Å². The van der Waals surface area contributed by atoms with Gasteiger partial charge in [-0.25, -0.2) is 9.97 Å². The standard InChI is InChI=1S/C14H12N2/c1-2-6-11(7-3-1)14-15-10-12-8-4-5-9-13(12)16-14/h1-6,8-11H,7H2. The lowest BCUT2D eigenvalue weighted by Gasteiger charge is -2.11. The molecule has 0 amide bonds. The molecule has 1 aliphatic carbocycles. The highest BCUT2D eigenvalue weighted by Gasteiger charge is 2.11. The van der Waals surface area contributed by atoms with E-state index in [4.69, 9.17) is 0 Å². The largest absolute Gasteiger partial charge is 0.240 e. The minimum atomic E-state index is 0.328. The zero-order chi connectivity index (χ0) is 10.8. The van der Waals surface area contributed by atoms with Crippen LogP contribution in [0.15, 0.2) is 54.8 Å². The topological polar surface area (TPSA) is 25.8 Å². The summed E-state index contributed by atoms with van der Waals surface area (Å²) in [6.07, 6.45) is 11.3. The average molecular weight is 208 g/mol. The molecule has 0 bridgehead atoms. The Labute approximate surface area is 94.4 Å². The third kappa shape index (κ3) is 1.63. The van der Waals surface area contributed by atoms with Gasteiger partial charge in [0.2, 0.25) is 0 Å². The van der Waals surface area contributed by atoms with Gasteiger partial charge in [-0.05, 0) is 12.5 Å². The van der Waals surface area contributed by atoms with Crippen LogP contribution in [0.25, 0.3) is 10.9 Å². The number of nitrogens with zero attached hydrogens (tertiary/aromatic N) is 2. The molecule has 0 saturated heterocycles. The Balaban J connectivity index is 2.05. The Hall–Kier alpha value is -1.96. The highest BCUT2D eigenvalue weighted by molar-refractivity contribution is 5.77. The second-order valence-electron chi connectivity index (χ2n) is 3.94. The third-order valence-electron chi connectivity index (χ3n) is 2.82. The van der Waals surface area contributed by atoms with Crippen LogP contribution in [0.3, 0.4) is 0 Å². The maximum absolute atomic E-state index is 4.60. The maximum Gasteiger partial charge on any atom is 0.136 e. The molecule has 16 heavy (non-hydrogen) atoms. The molecule has 0 spiro atoms. The van der Waals surface area contributed by atoms with E-state index in [-0.39, 0.29) is 0 Å². The van der Waals surface area contributed by atoms with E-state index in [1.165, 1.54) is 0 Å². The van der Waals surface area contributed by atoms with Gasteiger partial charge in [0.25, 0.3) is 0 Å². The van der Waals surface area contributed by atoms with Crippen molar-refractivity contribution in [2.24, 2.45) is 0 Å². The van der Waals surface area contributed by atoms with Gasteiger partial charge in [0.15, 0.2) is 0 Å². The Kier molecular flexibility index (Phi) is 2.26. The Morgan fingerprint density at radius 1 is 1.12 bits per heavy atom. The van der Waals surface area contributed by atoms with Crippen LogP contribution < -0.4 is 0 Å². The van der Waals surface area contributed by atoms with Crippen LogP contribution in [0.4, 0.5) is 0 Å². The lowest BCUT2D eigenvalue weighted by Crippen LogP contribution is -2.02. The predicted molar refractivity (Wildman–Crippen MR) is 65.2 cm³/mol. The lowest BCUT2D eigenvalue weighted by molar-refractivity contribution is 0.780. The van der Waals surface area contributed by atoms with E-state index >= 15 is 0 Å². The number of hydrogen-bond acceptors (Lipinski definition) is 2. The van der Waals surface area contributed by atoms with Gasteiger partial charge in [-0.1, -0.05) is 42.5 Å². The number of allylic oxidation sites excluding steroid dienone is 4. The molecule has 2 nitrogen and oxygen atoms in total. The van der Waals surface area contributed by atoms with E-state index in [9.17, 15) is 0 Å². The molecule has 0 aliphatic heterocycles. The highest BCUT2D eigenvalue weighted by Crippen LogP contribution is 2.22. The molecule has 1 atom stereocenters. The first-order valence-electron chi connectivity index (χ1n) is 5.48. The fraction of sp³-hybridized carbons (Fsp3) is 0.143. The monoisotopic (exact) mass is 208 g/mol. The SMILES string of the molecule is C1=CCC(c2ncc3ccccc3n2)C=C1. The summed E-state index contributed by atoms with van der Waals surface area (Å²) in [6.45, 7) is 0. The van der Waals surface area contributed by atoms with Crippen molar-refractivity contribution in [3.05, 3.63) is 60.6 Å². The molecule has 1 aliphatic rings. The Morgan fingerprint density at radius 2 is 2.06 bits per heavy atom. The van der Waals surface area contributed by atoms with E-state index in [1.807, 2.05) is 30.5 Å². The number of fused-ring (bicyclic) bond motifs is 1. The first kappa shape index (κ1) is 9.28. The summed E-state index contributed by atoms with van der Waals surface area (Å²) >= 11 is 0. The van der Waals surface area contributed by atoms with Crippen molar-refractivity contribution in [3.63, 3.8) is 0 Å². The van der Waals surface area contributed by atoms with Gasteiger partial charge in [0, 0.05) is 17.5 Å². The third-order valence-corrected chi connectivity index (χ3v) is 2.82. The van der Waals surface area contributed by atoms with Crippen molar-refractivity contribution in [2.45, 2.75) is 12.3 Å². The fourth-order valence-corrected chi connectivity index (χ4v) is 1.94. The summed E-state index contributed by atoms with van der Waals surface area (Å²) in [6, 6.07) is 8.09. The van der Waals surface area contributed by atoms with Gasteiger partial charge in [-0.3, -0.25) is 0 Å². The quantitative estimate of drug-likeness (QED) is 0.719. The van der Waals surface area contributed by atoms with Crippen molar-refractivity contribution in [2.75, 3.05) is 0 Å². The summed E-state index contributed by atoms with van der Waals surface area (Å²) in [4.78, 5) is 9.04. The maximum atomic E-state index is 4.60. The molecule has 1 unspecified atom stereocenters. The number of aromatic nitrogens is 2. The fourth-order valence-electron chi connectivity index (χ4n) is 1.94. The second kappa shape index (κ2) is 3.89. The number of para-hydroxylation sites is 1. The second-order valence-corrected chi connectivity index (χ2v) is 3.94. The molecule has 2 aromatic rings. The normalized spacial score (nSPS) is 19.1. The number of rotatable bonds is 1. The minimum absolute atomic E-state index is 0.328. The number of benzene rings is 1. The highest BCUT2D eigenvalue weighted by atomic mass is 14.9. The van der Waals surface area contributed by atoms with E-state index < -0.39 is 0 Å². The van der Waals surface area contributed by atoms with E-state index in [2.05, 4.69) is 34.3 Å². The molecular weight excluding hydrogens is 196 g/mol. The lowest BCUT2D eigenvalue weighted by atomic mass is 10.00. The molecule has 0 radical (unpaired) electrons. The summed E-state index contributed by atoms with van der Waals surface area (Å²) in [5.41, 5.74) is 1.02. The molecule has 3 rings (SSSR count). The Morgan fingerprint density at radius 3 is 2.94 bits per heavy atom. The zero-order valence-electron chi connectivity index (χ0n) is 8.88. The van der Waals surface area contributed by atoms with Gasteiger partial charge in [-0.2, -0.15) is 0 Å². The van der Waals surface area contributed by atoms with E-state index in [0.29, 0.717) is 5.92 Å². The van der Waals surface area contributed by atoms with Gasteiger partial charge in [0.05, 0.1) is 5.52 Å². The molecule has 78 valence electrons. The van der Waals surface area contributed by atoms with Crippen molar-refractivity contribution in [3.8, 4) is 0 Å². The van der Waals surface area contributed by atoms with Crippen molar-refractivity contribution in [1.82, 2.24) is 9.97 Å². The van der Waals surface area contributed by atoms with Crippen LogP contribution in [0, 0.1) is 0 Å². The Bertz CT molecular complexity index is 570. The first-order valence-corrected chi connectivity index (χ1v) is 5.48. The first-order chi connectivity index (χ1) is 7.93. The van der Waals surface area contributed by atoms with Crippen molar-refractivity contribution < 1.29 is 0 Å². The van der Waals surface area contributed by atoms with E-state index in [1.54, 1.807) is 0 Å². The molecule has 1 heterocycles. The zero-order valence-corrected chi connectivity index (χ0v) is 8.88. The van der Waals surface area contributed by atoms with Gasteiger partial charge in [-0.15, -0.1) is 0 Å². The van der Waals surface area contributed by atoms with Crippen LogP contribution in [0.5, 0.6) is 0 Å². The molecule has 0 N–H and O–H groups in total. The molecule has 1 aromatic carbocycles. The van der Waals surface area contributed by atoms with Crippen molar-refractivity contribution in [1.29, 1.82) is 0 Å². The van der Waals surface area contributed by atoms with Gasteiger partial charge < -0.3 is 0 Å². The molecule has 0 fully saturated rings. The number of hydrogen-bond donors (Lipinski definition) is 0. The minimum Gasteiger partial charge on any atom is -0.240 e. The van der Waals surface area contributed by atoms with Crippen LogP contribution in [-0.2, 0) is 0 Å².